The predicted octanol–water partition coefficient (Wildman–Crippen LogP) is 0.417. The molecule has 0 aliphatic carbocycles. The van der Waals surface area contributed by atoms with Gasteiger partial charge in [0.15, 0.2) is 5.16 Å². The van der Waals surface area contributed by atoms with Gasteiger partial charge in [-0.25, -0.2) is 9.67 Å². The summed E-state index contributed by atoms with van der Waals surface area (Å²) in [6.45, 7) is 0.174. The van der Waals surface area contributed by atoms with E-state index in [1.165, 1.54) is 22.8 Å². The van der Waals surface area contributed by atoms with E-state index in [9.17, 15) is 0 Å². The van der Waals surface area contributed by atoms with Crippen molar-refractivity contribution in [2.24, 2.45) is 0 Å². The van der Waals surface area contributed by atoms with E-state index in [0.29, 0.717) is 10.9 Å². The summed E-state index contributed by atoms with van der Waals surface area (Å²) in [6.07, 6.45) is 1.37. The topological polar surface area (TPSA) is 78.3 Å². The number of hydrogen-bond acceptors (Lipinski definition) is 5. The van der Waals surface area contributed by atoms with Gasteiger partial charge in [-0.1, -0.05) is 11.8 Å². The molecule has 1 aromatic rings. The zero-order valence-electron chi connectivity index (χ0n) is 6.14. The Hall–Kier alpha value is -1.53. The normalized spacial score (nSPS) is 8.83. The Bertz CT molecular complexity index is 330. The Balaban J connectivity index is 2.66. The van der Waals surface area contributed by atoms with Gasteiger partial charge in [-0.3, -0.25) is 0 Å². The molecule has 0 unspecified atom stereocenters. The number of nitriles is 2. The van der Waals surface area contributed by atoms with Crippen molar-refractivity contribution in [3.8, 4) is 12.1 Å². The molecular weight excluding hydrogens is 174 g/mol. The third-order valence-electron chi connectivity index (χ3n) is 1.07. The minimum atomic E-state index is 0.174. The van der Waals surface area contributed by atoms with Gasteiger partial charge in [0.1, 0.15) is 12.9 Å². The molecule has 1 rings (SSSR count). The molecule has 0 saturated carbocycles. The zero-order chi connectivity index (χ0) is 8.81. The van der Waals surface area contributed by atoms with E-state index in [0.717, 1.165) is 0 Å². The second-order valence-electron chi connectivity index (χ2n) is 1.81. The second-order valence-corrected chi connectivity index (χ2v) is 2.75. The fourth-order valence-corrected chi connectivity index (χ4v) is 1.21. The van der Waals surface area contributed by atoms with Gasteiger partial charge < -0.3 is 0 Å². The average molecular weight is 179 g/mol. The van der Waals surface area contributed by atoms with Crippen LogP contribution in [0.3, 0.4) is 0 Å². The number of aromatic nitrogens is 3. The minimum Gasteiger partial charge on any atom is -0.226 e. The maximum Gasteiger partial charge on any atom is 0.188 e. The Morgan fingerprint density at radius 3 is 3.00 bits per heavy atom. The molecule has 1 heterocycles. The molecule has 6 heteroatoms. The molecule has 60 valence electrons. The first-order valence-electron chi connectivity index (χ1n) is 3.13. The van der Waals surface area contributed by atoms with Crippen molar-refractivity contribution in [1.29, 1.82) is 10.5 Å². The molecule has 1 aromatic heterocycles. The van der Waals surface area contributed by atoms with Gasteiger partial charge in [-0.2, -0.15) is 15.6 Å². The smallest absolute Gasteiger partial charge is 0.188 e. The molecule has 0 aromatic carbocycles. The van der Waals surface area contributed by atoms with Crippen LogP contribution in [0.25, 0.3) is 0 Å². The van der Waals surface area contributed by atoms with Crippen LogP contribution in [-0.2, 0) is 6.54 Å². The van der Waals surface area contributed by atoms with Crippen molar-refractivity contribution < 1.29 is 0 Å². The molecule has 0 atom stereocenters. The molecule has 0 spiro atoms. The monoisotopic (exact) mass is 179 g/mol. The quantitative estimate of drug-likeness (QED) is 0.628. The van der Waals surface area contributed by atoms with Crippen LogP contribution in [0.2, 0.25) is 0 Å². The van der Waals surface area contributed by atoms with Crippen LogP contribution in [0.5, 0.6) is 0 Å². The molecule has 0 fully saturated rings. The van der Waals surface area contributed by atoms with E-state index in [4.69, 9.17) is 10.5 Å². The van der Waals surface area contributed by atoms with Gasteiger partial charge in [0, 0.05) is 0 Å². The van der Waals surface area contributed by atoms with Crippen molar-refractivity contribution in [3.63, 3.8) is 0 Å². The van der Waals surface area contributed by atoms with Gasteiger partial charge in [-0.05, 0) is 0 Å². The highest BCUT2D eigenvalue weighted by Crippen LogP contribution is 2.12. The van der Waals surface area contributed by atoms with Crippen LogP contribution >= 0.6 is 11.8 Å². The van der Waals surface area contributed by atoms with Crippen LogP contribution in [0, 0.1) is 22.7 Å². The first-order valence-corrected chi connectivity index (χ1v) is 4.11. The third-order valence-corrected chi connectivity index (χ3v) is 1.91. The number of rotatable bonds is 3. The van der Waals surface area contributed by atoms with E-state index >= 15 is 0 Å². The van der Waals surface area contributed by atoms with Gasteiger partial charge in [0.25, 0.3) is 0 Å². The molecule has 0 aliphatic rings. The molecule has 0 N–H and O–H groups in total. The lowest BCUT2D eigenvalue weighted by molar-refractivity contribution is 0.637. The molecule has 0 amide bonds. The van der Waals surface area contributed by atoms with Crippen molar-refractivity contribution >= 4 is 11.8 Å². The summed E-state index contributed by atoms with van der Waals surface area (Å²) in [5.41, 5.74) is 0. The fraction of sp³-hybridized carbons (Fsp3) is 0.333. The van der Waals surface area contributed by atoms with E-state index < -0.39 is 0 Å². The van der Waals surface area contributed by atoms with Gasteiger partial charge in [-0.15, -0.1) is 0 Å². The maximum absolute atomic E-state index is 8.38. The van der Waals surface area contributed by atoms with Gasteiger partial charge in [0.05, 0.1) is 17.9 Å². The Morgan fingerprint density at radius 1 is 1.50 bits per heavy atom. The minimum absolute atomic E-state index is 0.174. The van der Waals surface area contributed by atoms with Gasteiger partial charge >= 0.3 is 0 Å². The van der Waals surface area contributed by atoms with E-state index in [1.54, 1.807) is 0 Å². The predicted molar refractivity (Wildman–Crippen MR) is 42.0 cm³/mol. The SMILES string of the molecule is N#CCSc1ncnn1CC#N. The largest absolute Gasteiger partial charge is 0.226 e. The van der Waals surface area contributed by atoms with Crippen molar-refractivity contribution in [2.45, 2.75) is 11.7 Å². The van der Waals surface area contributed by atoms with E-state index in [2.05, 4.69) is 10.1 Å². The van der Waals surface area contributed by atoms with Crippen LogP contribution in [0.4, 0.5) is 0 Å². The molecule has 0 radical (unpaired) electrons. The summed E-state index contributed by atoms with van der Waals surface area (Å²) < 4.78 is 1.46. The Kier molecular flexibility index (Phi) is 3.12. The molecular formula is C6H5N5S. The summed E-state index contributed by atoms with van der Waals surface area (Å²) in [7, 11) is 0. The molecule has 0 bridgehead atoms. The molecule has 0 aliphatic heterocycles. The lowest BCUT2D eigenvalue weighted by Crippen LogP contribution is -1.99. The summed E-state index contributed by atoms with van der Waals surface area (Å²) in [4.78, 5) is 3.88. The number of hydrogen-bond donors (Lipinski definition) is 0. The Morgan fingerprint density at radius 2 is 2.33 bits per heavy atom. The summed E-state index contributed by atoms with van der Waals surface area (Å²) in [6, 6.07) is 3.93. The van der Waals surface area contributed by atoms with Crippen molar-refractivity contribution in [2.75, 3.05) is 5.75 Å². The number of thioether (sulfide) groups is 1. The summed E-state index contributed by atoms with van der Waals surface area (Å²) in [5.74, 6) is 0.324. The average Bonchev–Trinajstić information content (AvgIpc) is 2.50. The van der Waals surface area contributed by atoms with Gasteiger partial charge in [0.2, 0.25) is 0 Å². The molecule has 5 nitrogen and oxygen atoms in total. The first kappa shape index (κ1) is 8.57. The standard InChI is InChI=1S/C6H5N5S/c7-1-3-11-6(9-5-10-11)12-4-2-8/h5H,3-4H2. The lowest BCUT2D eigenvalue weighted by atomic mass is 10.7. The van der Waals surface area contributed by atoms with Crippen LogP contribution in [0.1, 0.15) is 0 Å². The zero-order valence-corrected chi connectivity index (χ0v) is 6.95. The van der Waals surface area contributed by atoms with Crippen LogP contribution in [-0.4, -0.2) is 20.5 Å². The highest BCUT2D eigenvalue weighted by Gasteiger charge is 2.02. The van der Waals surface area contributed by atoms with Crippen LogP contribution in [0.15, 0.2) is 11.5 Å². The second kappa shape index (κ2) is 4.37. The lowest BCUT2D eigenvalue weighted by Gasteiger charge is -1.95. The van der Waals surface area contributed by atoms with Crippen molar-refractivity contribution in [3.05, 3.63) is 6.33 Å². The third kappa shape index (κ3) is 1.97. The first-order chi connectivity index (χ1) is 5.88. The van der Waals surface area contributed by atoms with E-state index in [-0.39, 0.29) is 6.54 Å². The Labute approximate surface area is 73.6 Å². The highest BCUT2D eigenvalue weighted by atomic mass is 32.2. The molecule has 0 saturated heterocycles. The summed E-state index contributed by atoms with van der Waals surface area (Å²) >= 11 is 1.27. The highest BCUT2D eigenvalue weighted by molar-refractivity contribution is 7.99. The number of nitrogens with zero attached hydrogens (tertiary/aromatic N) is 5. The summed E-state index contributed by atoms with van der Waals surface area (Å²) in [5, 5.41) is 21.1. The van der Waals surface area contributed by atoms with Crippen LogP contribution < -0.4 is 0 Å². The fourth-order valence-electron chi connectivity index (χ4n) is 0.638. The molecule has 12 heavy (non-hydrogen) atoms. The van der Waals surface area contributed by atoms with E-state index in [1.807, 2.05) is 12.1 Å². The maximum atomic E-state index is 8.38. The van der Waals surface area contributed by atoms with Crippen molar-refractivity contribution in [1.82, 2.24) is 14.8 Å².